The largest absolute Gasteiger partial charge is 0.492 e. The van der Waals surface area contributed by atoms with E-state index in [4.69, 9.17) is 4.74 Å². The quantitative estimate of drug-likeness (QED) is 0.581. The summed E-state index contributed by atoms with van der Waals surface area (Å²) in [7, 11) is 2.02. The van der Waals surface area contributed by atoms with Gasteiger partial charge in [0.15, 0.2) is 0 Å². The minimum Gasteiger partial charge on any atom is -0.492 e. The van der Waals surface area contributed by atoms with Crippen LogP contribution in [0.5, 0.6) is 5.75 Å². The molecule has 1 rings (SSSR count). The standard InChI is InChI=1S/C12H18N2O3.2C2H6/c1-4-13(3)7-8-17-12-6-5-11(14(15)16)9-10(12)2;2*1-2/h5-6,9H,4,7-8H2,1-3H3;2*1-2H3. The van der Waals surface area contributed by atoms with Gasteiger partial charge in [-0.3, -0.25) is 10.1 Å². The summed E-state index contributed by atoms with van der Waals surface area (Å²) in [5, 5.41) is 10.6. The van der Waals surface area contributed by atoms with E-state index in [1.165, 1.54) is 12.1 Å². The summed E-state index contributed by atoms with van der Waals surface area (Å²) in [5.41, 5.74) is 0.888. The Morgan fingerprint density at radius 2 is 1.81 bits per heavy atom. The maximum absolute atomic E-state index is 10.6. The second kappa shape index (κ2) is 13.4. The van der Waals surface area contributed by atoms with Crippen LogP contribution in [-0.4, -0.2) is 36.6 Å². The number of hydrogen-bond donors (Lipinski definition) is 0. The third-order valence-corrected chi connectivity index (χ3v) is 2.64. The highest BCUT2D eigenvalue weighted by Gasteiger charge is 2.08. The molecule has 0 aliphatic rings. The molecule has 1 aromatic carbocycles. The molecule has 0 radical (unpaired) electrons. The topological polar surface area (TPSA) is 55.6 Å². The van der Waals surface area contributed by atoms with Gasteiger partial charge in [0.05, 0.1) is 4.92 Å². The molecular formula is C16H30N2O3. The van der Waals surface area contributed by atoms with Crippen LogP contribution in [-0.2, 0) is 0 Å². The lowest BCUT2D eigenvalue weighted by Crippen LogP contribution is -2.23. The molecule has 0 aliphatic carbocycles. The van der Waals surface area contributed by atoms with E-state index in [-0.39, 0.29) is 5.69 Å². The van der Waals surface area contributed by atoms with Crippen LogP contribution in [0.1, 0.15) is 40.2 Å². The third kappa shape index (κ3) is 9.02. The average Bonchev–Trinajstić information content (AvgIpc) is 2.52. The Morgan fingerprint density at radius 1 is 1.24 bits per heavy atom. The molecule has 0 unspecified atom stereocenters. The highest BCUT2D eigenvalue weighted by atomic mass is 16.6. The summed E-state index contributed by atoms with van der Waals surface area (Å²) in [5.74, 6) is 0.708. The molecule has 0 aliphatic heterocycles. The lowest BCUT2D eigenvalue weighted by atomic mass is 10.2. The first-order valence-corrected chi connectivity index (χ1v) is 7.61. The van der Waals surface area contributed by atoms with Crippen molar-refractivity contribution in [3.63, 3.8) is 0 Å². The van der Waals surface area contributed by atoms with Crippen molar-refractivity contribution in [2.24, 2.45) is 0 Å². The fraction of sp³-hybridized carbons (Fsp3) is 0.625. The Labute approximate surface area is 129 Å². The summed E-state index contributed by atoms with van der Waals surface area (Å²) >= 11 is 0. The first-order chi connectivity index (χ1) is 10.0. The van der Waals surface area contributed by atoms with Crippen LogP contribution >= 0.6 is 0 Å². The van der Waals surface area contributed by atoms with Crippen LogP contribution in [0.3, 0.4) is 0 Å². The van der Waals surface area contributed by atoms with Crippen molar-refractivity contribution < 1.29 is 9.66 Å². The van der Waals surface area contributed by atoms with E-state index in [1.807, 2.05) is 41.7 Å². The Kier molecular flexibility index (Phi) is 13.8. The van der Waals surface area contributed by atoms with Gasteiger partial charge in [-0.15, -0.1) is 0 Å². The summed E-state index contributed by atoms with van der Waals surface area (Å²) in [6.07, 6.45) is 0. The fourth-order valence-corrected chi connectivity index (χ4v) is 1.38. The number of ether oxygens (including phenoxy) is 1. The summed E-state index contributed by atoms with van der Waals surface area (Å²) in [6.45, 7) is 14.3. The van der Waals surface area contributed by atoms with Crippen molar-refractivity contribution in [1.29, 1.82) is 0 Å². The van der Waals surface area contributed by atoms with Crippen LogP contribution in [0.15, 0.2) is 18.2 Å². The summed E-state index contributed by atoms with van der Waals surface area (Å²) in [6, 6.07) is 4.64. The SMILES string of the molecule is CC.CC.CCN(C)CCOc1ccc([N+](=O)[O-])cc1C. The highest BCUT2D eigenvalue weighted by molar-refractivity contribution is 5.42. The van der Waals surface area contributed by atoms with Crippen LogP contribution in [0, 0.1) is 17.0 Å². The monoisotopic (exact) mass is 298 g/mol. The van der Waals surface area contributed by atoms with Crippen molar-refractivity contribution in [2.45, 2.75) is 41.5 Å². The zero-order valence-corrected chi connectivity index (χ0v) is 14.5. The van der Waals surface area contributed by atoms with E-state index < -0.39 is 4.92 Å². The zero-order valence-electron chi connectivity index (χ0n) is 14.5. The molecule has 5 heteroatoms. The van der Waals surface area contributed by atoms with Crippen molar-refractivity contribution in [2.75, 3.05) is 26.7 Å². The van der Waals surface area contributed by atoms with E-state index in [1.54, 1.807) is 6.07 Å². The second-order valence-corrected chi connectivity index (χ2v) is 3.95. The number of aryl methyl sites for hydroxylation is 1. The first-order valence-electron chi connectivity index (χ1n) is 7.61. The minimum absolute atomic E-state index is 0.0977. The van der Waals surface area contributed by atoms with Gasteiger partial charge in [-0.25, -0.2) is 0 Å². The lowest BCUT2D eigenvalue weighted by molar-refractivity contribution is -0.384. The van der Waals surface area contributed by atoms with Gasteiger partial charge in [-0.2, -0.15) is 0 Å². The molecule has 0 spiro atoms. The van der Waals surface area contributed by atoms with E-state index in [0.717, 1.165) is 18.7 Å². The molecule has 0 atom stereocenters. The van der Waals surface area contributed by atoms with Gasteiger partial charge in [0.1, 0.15) is 12.4 Å². The van der Waals surface area contributed by atoms with Gasteiger partial charge >= 0.3 is 0 Å². The van der Waals surface area contributed by atoms with Crippen molar-refractivity contribution in [3.05, 3.63) is 33.9 Å². The average molecular weight is 298 g/mol. The molecule has 0 amide bonds. The maximum atomic E-state index is 10.6. The van der Waals surface area contributed by atoms with Crippen LogP contribution in [0.25, 0.3) is 0 Å². The van der Waals surface area contributed by atoms with E-state index in [0.29, 0.717) is 12.4 Å². The third-order valence-electron chi connectivity index (χ3n) is 2.64. The molecule has 0 saturated heterocycles. The smallest absolute Gasteiger partial charge is 0.269 e. The summed E-state index contributed by atoms with van der Waals surface area (Å²) < 4.78 is 5.58. The van der Waals surface area contributed by atoms with Crippen LogP contribution < -0.4 is 4.74 Å². The lowest BCUT2D eigenvalue weighted by Gasteiger charge is -2.15. The van der Waals surface area contributed by atoms with E-state index >= 15 is 0 Å². The maximum Gasteiger partial charge on any atom is 0.269 e. The van der Waals surface area contributed by atoms with Gasteiger partial charge in [-0.1, -0.05) is 34.6 Å². The number of nitro groups is 1. The molecule has 0 aromatic heterocycles. The molecule has 0 fully saturated rings. The van der Waals surface area contributed by atoms with Crippen LogP contribution in [0.4, 0.5) is 5.69 Å². The Morgan fingerprint density at radius 3 is 2.24 bits per heavy atom. The summed E-state index contributed by atoms with van der Waals surface area (Å²) in [4.78, 5) is 12.3. The molecule has 1 aromatic rings. The molecule has 0 N–H and O–H groups in total. The molecule has 5 nitrogen and oxygen atoms in total. The van der Waals surface area contributed by atoms with Crippen LogP contribution in [0.2, 0.25) is 0 Å². The Hall–Kier alpha value is -1.62. The number of nitro benzene ring substituents is 1. The molecule has 0 bridgehead atoms. The molecule has 0 saturated carbocycles. The molecule has 122 valence electrons. The number of nitrogens with zero attached hydrogens (tertiary/aromatic N) is 2. The number of likely N-dealkylation sites (N-methyl/N-ethyl adjacent to an activating group) is 1. The molecular weight excluding hydrogens is 268 g/mol. The zero-order chi connectivity index (χ0) is 16.8. The predicted molar refractivity (Wildman–Crippen MR) is 89.2 cm³/mol. The van der Waals surface area contributed by atoms with Crippen molar-refractivity contribution in [1.82, 2.24) is 4.90 Å². The predicted octanol–water partition coefficient (Wildman–Crippen LogP) is 4.29. The number of rotatable bonds is 6. The molecule has 0 heterocycles. The number of hydrogen-bond acceptors (Lipinski definition) is 4. The van der Waals surface area contributed by atoms with Gasteiger partial charge in [-0.05, 0) is 32.1 Å². The minimum atomic E-state index is -0.401. The molecule has 21 heavy (non-hydrogen) atoms. The van der Waals surface area contributed by atoms with Gasteiger partial charge in [0.2, 0.25) is 0 Å². The number of non-ortho nitro benzene ring substituents is 1. The van der Waals surface area contributed by atoms with E-state index in [9.17, 15) is 10.1 Å². The van der Waals surface area contributed by atoms with Crippen molar-refractivity contribution >= 4 is 5.69 Å². The van der Waals surface area contributed by atoms with Gasteiger partial charge in [0.25, 0.3) is 5.69 Å². The Bertz CT molecular complexity index is 395. The first kappa shape index (κ1) is 21.7. The highest BCUT2D eigenvalue weighted by Crippen LogP contribution is 2.22. The van der Waals surface area contributed by atoms with Crippen molar-refractivity contribution in [3.8, 4) is 5.75 Å². The number of benzene rings is 1. The Balaban J connectivity index is 0. The van der Waals surface area contributed by atoms with E-state index in [2.05, 4.69) is 11.8 Å². The van der Waals surface area contributed by atoms with Gasteiger partial charge in [0, 0.05) is 18.7 Å². The normalized spacial score (nSPS) is 9.14. The van der Waals surface area contributed by atoms with Gasteiger partial charge < -0.3 is 9.64 Å². The fourth-order valence-electron chi connectivity index (χ4n) is 1.38. The second-order valence-electron chi connectivity index (χ2n) is 3.95.